The molecule has 2 aromatic heterocycles. The molecule has 6 nitrogen and oxygen atoms in total. The lowest BCUT2D eigenvalue weighted by Gasteiger charge is -2.06. The molecule has 0 unspecified atom stereocenters. The Bertz CT molecular complexity index is 724. The molecule has 0 radical (unpaired) electrons. The summed E-state index contributed by atoms with van der Waals surface area (Å²) in [7, 11) is 0. The van der Waals surface area contributed by atoms with E-state index >= 15 is 0 Å². The summed E-state index contributed by atoms with van der Waals surface area (Å²) in [4.78, 5) is 22.7. The summed E-state index contributed by atoms with van der Waals surface area (Å²) in [5.74, 6) is 0. The fraction of sp³-hybridized carbons (Fsp3) is 0.0714. The van der Waals surface area contributed by atoms with E-state index in [0.29, 0.717) is 11.3 Å². The van der Waals surface area contributed by atoms with Gasteiger partial charge in [0.15, 0.2) is 5.65 Å². The molecule has 3 rings (SSSR count). The van der Waals surface area contributed by atoms with E-state index in [9.17, 15) is 4.79 Å². The molecule has 0 aliphatic carbocycles. The standard InChI is InChI=1S/C14H12N4O2/c19-14(20-8-10-4-2-1-3-5-10)18-11-6-12-13(15-7-11)17-9-16-12/h1-7,9H,8H2,(H,18,19)(H,15,16,17). The van der Waals surface area contributed by atoms with Gasteiger partial charge in [0.1, 0.15) is 6.61 Å². The number of fused-ring (bicyclic) bond motifs is 1. The number of benzene rings is 1. The summed E-state index contributed by atoms with van der Waals surface area (Å²) in [5, 5.41) is 2.62. The van der Waals surface area contributed by atoms with Gasteiger partial charge in [-0.15, -0.1) is 0 Å². The Morgan fingerprint density at radius 3 is 2.95 bits per heavy atom. The maximum absolute atomic E-state index is 11.7. The smallest absolute Gasteiger partial charge is 0.412 e. The molecular weight excluding hydrogens is 256 g/mol. The van der Waals surface area contributed by atoms with Gasteiger partial charge < -0.3 is 9.72 Å². The summed E-state index contributed by atoms with van der Waals surface area (Å²) < 4.78 is 5.12. The number of amides is 1. The SMILES string of the molecule is O=C(Nc1cnc2nc[nH]c2c1)OCc1ccccc1. The number of aromatic nitrogens is 3. The zero-order valence-corrected chi connectivity index (χ0v) is 10.5. The molecule has 2 heterocycles. The van der Waals surface area contributed by atoms with Crippen LogP contribution in [-0.2, 0) is 11.3 Å². The summed E-state index contributed by atoms with van der Waals surface area (Å²) in [6.07, 6.45) is 2.57. The van der Waals surface area contributed by atoms with Crippen molar-refractivity contribution in [2.45, 2.75) is 6.61 Å². The third-order valence-corrected chi connectivity index (χ3v) is 2.73. The zero-order valence-electron chi connectivity index (χ0n) is 10.5. The molecule has 0 saturated carbocycles. The van der Waals surface area contributed by atoms with E-state index < -0.39 is 6.09 Å². The Kier molecular flexibility index (Phi) is 3.28. The molecule has 1 amide bonds. The van der Waals surface area contributed by atoms with E-state index in [1.807, 2.05) is 30.3 Å². The molecule has 0 bridgehead atoms. The minimum atomic E-state index is -0.519. The number of hydrogen-bond acceptors (Lipinski definition) is 4. The van der Waals surface area contributed by atoms with Gasteiger partial charge in [-0.2, -0.15) is 0 Å². The maximum Gasteiger partial charge on any atom is 0.412 e. The van der Waals surface area contributed by atoms with Crippen molar-refractivity contribution in [3.63, 3.8) is 0 Å². The molecule has 0 atom stereocenters. The maximum atomic E-state index is 11.7. The highest BCUT2D eigenvalue weighted by Gasteiger charge is 2.05. The van der Waals surface area contributed by atoms with E-state index in [0.717, 1.165) is 11.1 Å². The summed E-state index contributed by atoms with van der Waals surface area (Å²) in [6, 6.07) is 11.2. The highest BCUT2D eigenvalue weighted by atomic mass is 16.5. The zero-order chi connectivity index (χ0) is 13.8. The molecule has 1 aromatic carbocycles. The number of anilines is 1. The fourth-order valence-corrected chi connectivity index (χ4v) is 1.78. The minimum Gasteiger partial charge on any atom is -0.444 e. The predicted octanol–water partition coefficient (Wildman–Crippen LogP) is 2.71. The van der Waals surface area contributed by atoms with Crippen LogP contribution in [0.1, 0.15) is 5.56 Å². The topological polar surface area (TPSA) is 79.9 Å². The monoisotopic (exact) mass is 268 g/mol. The molecule has 3 aromatic rings. The number of nitrogens with one attached hydrogen (secondary N) is 2. The molecule has 0 fully saturated rings. The Morgan fingerprint density at radius 2 is 2.10 bits per heavy atom. The van der Waals surface area contributed by atoms with Crippen LogP contribution < -0.4 is 5.32 Å². The van der Waals surface area contributed by atoms with E-state index in [1.165, 1.54) is 6.20 Å². The van der Waals surface area contributed by atoms with E-state index in [1.54, 1.807) is 12.4 Å². The molecular formula is C14H12N4O2. The number of imidazole rings is 1. The first-order valence-electron chi connectivity index (χ1n) is 6.08. The number of aromatic amines is 1. The van der Waals surface area contributed by atoms with Gasteiger partial charge in [0.25, 0.3) is 0 Å². The molecule has 0 aliphatic rings. The van der Waals surface area contributed by atoms with Crippen LogP contribution in [0.5, 0.6) is 0 Å². The van der Waals surface area contributed by atoms with Crippen molar-refractivity contribution in [1.82, 2.24) is 15.0 Å². The van der Waals surface area contributed by atoms with Gasteiger partial charge in [0, 0.05) is 0 Å². The van der Waals surface area contributed by atoms with Crippen LogP contribution >= 0.6 is 0 Å². The first-order valence-corrected chi connectivity index (χ1v) is 6.08. The molecule has 0 spiro atoms. The van der Waals surface area contributed by atoms with E-state index in [4.69, 9.17) is 4.74 Å². The average Bonchev–Trinajstić information content (AvgIpc) is 2.94. The lowest BCUT2D eigenvalue weighted by molar-refractivity contribution is 0.155. The number of nitrogens with zero attached hydrogens (tertiary/aromatic N) is 2. The third kappa shape index (κ3) is 2.74. The van der Waals surface area contributed by atoms with Crippen molar-refractivity contribution in [2.75, 3.05) is 5.32 Å². The molecule has 100 valence electrons. The quantitative estimate of drug-likeness (QED) is 0.765. The minimum absolute atomic E-state index is 0.229. The number of H-pyrrole nitrogens is 1. The highest BCUT2D eigenvalue weighted by molar-refractivity contribution is 5.87. The highest BCUT2D eigenvalue weighted by Crippen LogP contribution is 2.13. The van der Waals surface area contributed by atoms with Crippen molar-refractivity contribution >= 4 is 22.9 Å². The average molecular weight is 268 g/mol. The summed E-state index contributed by atoms with van der Waals surface area (Å²) in [6.45, 7) is 0.229. The van der Waals surface area contributed by atoms with Crippen molar-refractivity contribution in [3.05, 3.63) is 54.5 Å². The number of carbonyl (C=O) groups excluding carboxylic acids is 1. The molecule has 0 aliphatic heterocycles. The second-order valence-electron chi connectivity index (χ2n) is 4.18. The number of rotatable bonds is 3. The van der Waals surface area contributed by atoms with E-state index in [2.05, 4.69) is 20.3 Å². The first-order chi connectivity index (χ1) is 9.81. The van der Waals surface area contributed by atoms with Crippen molar-refractivity contribution in [2.24, 2.45) is 0 Å². The predicted molar refractivity (Wildman–Crippen MR) is 74.1 cm³/mol. The Morgan fingerprint density at radius 1 is 1.25 bits per heavy atom. The Hall–Kier alpha value is -2.89. The van der Waals surface area contributed by atoms with Crippen LogP contribution in [-0.4, -0.2) is 21.0 Å². The lowest BCUT2D eigenvalue weighted by Crippen LogP contribution is -2.13. The van der Waals surface area contributed by atoms with Gasteiger partial charge in [0.05, 0.1) is 23.7 Å². The van der Waals surface area contributed by atoms with Gasteiger partial charge in [-0.05, 0) is 11.6 Å². The molecule has 0 saturated heterocycles. The van der Waals surface area contributed by atoms with Crippen molar-refractivity contribution in [3.8, 4) is 0 Å². The van der Waals surface area contributed by atoms with Crippen LogP contribution in [0, 0.1) is 0 Å². The molecule has 20 heavy (non-hydrogen) atoms. The largest absolute Gasteiger partial charge is 0.444 e. The summed E-state index contributed by atoms with van der Waals surface area (Å²) in [5.41, 5.74) is 2.85. The third-order valence-electron chi connectivity index (χ3n) is 2.73. The van der Waals surface area contributed by atoms with Gasteiger partial charge in [-0.1, -0.05) is 30.3 Å². The van der Waals surface area contributed by atoms with Crippen LogP contribution in [0.15, 0.2) is 48.9 Å². The van der Waals surface area contributed by atoms with Crippen molar-refractivity contribution in [1.29, 1.82) is 0 Å². The fourth-order valence-electron chi connectivity index (χ4n) is 1.78. The normalized spacial score (nSPS) is 10.4. The Labute approximate surface area is 114 Å². The van der Waals surface area contributed by atoms with E-state index in [-0.39, 0.29) is 6.61 Å². The van der Waals surface area contributed by atoms with Crippen LogP contribution in [0.3, 0.4) is 0 Å². The second-order valence-corrected chi connectivity index (χ2v) is 4.18. The Balaban J connectivity index is 1.61. The van der Waals surface area contributed by atoms with Crippen LogP contribution in [0.25, 0.3) is 11.2 Å². The summed E-state index contributed by atoms with van der Waals surface area (Å²) >= 11 is 0. The number of ether oxygens (including phenoxy) is 1. The number of hydrogen-bond donors (Lipinski definition) is 2. The van der Waals surface area contributed by atoms with Gasteiger partial charge >= 0.3 is 6.09 Å². The number of pyridine rings is 1. The number of carbonyl (C=O) groups is 1. The van der Waals surface area contributed by atoms with Crippen LogP contribution in [0.4, 0.5) is 10.5 Å². The molecule has 2 N–H and O–H groups in total. The van der Waals surface area contributed by atoms with Gasteiger partial charge in [-0.3, -0.25) is 5.32 Å². The van der Waals surface area contributed by atoms with Crippen molar-refractivity contribution < 1.29 is 9.53 Å². The second kappa shape index (κ2) is 5.40. The first kappa shape index (κ1) is 12.2. The van der Waals surface area contributed by atoms with Gasteiger partial charge in [0.2, 0.25) is 0 Å². The van der Waals surface area contributed by atoms with Crippen LogP contribution in [0.2, 0.25) is 0 Å². The molecule has 6 heteroatoms. The van der Waals surface area contributed by atoms with Gasteiger partial charge in [-0.25, -0.2) is 14.8 Å². The lowest BCUT2D eigenvalue weighted by atomic mass is 10.2.